The lowest BCUT2D eigenvalue weighted by molar-refractivity contribution is -0.114. The number of aryl methyl sites for hydroxylation is 1. The summed E-state index contributed by atoms with van der Waals surface area (Å²) in [5.74, 6) is 0.551. The zero-order chi connectivity index (χ0) is 23.4. The van der Waals surface area contributed by atoms with Crippen LogP contribution in [0.1, 0.15) is 23.9 Å². The first-order chi connectivity index (χ1) is 15.8. The summed E-state index contributed by atoms with van der Waals surface area (Å²) in [7, 11) is -3.88. The number of aromatic nitrogens is 3. The maximum absolute atomic E-state index is 13.1. The van der Waals surface area contributed by atoms with Gasteiger partial charge in [0.2, 0.25) is 17.6 Å². The normalized spacial score (nSPS) is 11.2. The van der Waals surface area contributed by atoms with E-state index >= 15 is 0 Å². The maximum atomic E-state index is 13.1. The summed E-state index contributed by atoms with van der Waals surface area (Å²) >= 11 is 0. The van der Waals surface area contributed by atoms with Crippen LogP contribution in [0, 0.1) is 6.92 Å². The van der Waals surface area contributed by atoms with E-state index in [1.165, 1.54) is 13.0 Å². The number of hydrogen-bond donors (Lipinski definition) is 2. The van der Waals surface area contributed by atoms with E-state index in [4.69, 9.17) is 4.52 Å². The van der Waals surface area contributed by atoms with E-state index in [9.17, 15) is 13.2 Å². The van der Waals surface area contributed by atoms with E-state index in [1.807, 2.05) is 0 Å². The molecule has 0 spiro atoms. The number of nitrogens with zero attached hydrogens (tertiary/aromatic N) is 3. The van der Waals surface area contributed by atoms with Gasteiger partial charge in [0.15, 0.2) is 0 Å². The molecule has 1 amide bonds. The third-order valence-electron chi connectivity index (χ3n) is 4.79. The number of benzene rings is 2. The van der Waals surface area contributed by atoms with Crippen molar-refractivity contribution in [1.82, 2.24) is 15.1 Å². The second kappa shape index (κ2) is 9.21. The van der Waals surface area contributed by atoms with E-state index in [1.54, 1.807) is 67.8 Å². The quantitative estimate of drug-likeness (QED) is 0.427. The molecule has 4 rings (SSSR count). The van der Waals surface area contributed by atoms with Crippen molar-refractivity contribution < 1.29 is 17.7 Å². The molecule has 0 unspecified atom stereocenters. The van der Waals surface area contributed by atoms with Gasteiger partial charge in [0.05, 0.1) is 17.0 Å². The van der Waals surface area contributed by atoms with Gasteiger partial charge in [-0.25, -0.2) is 8.42 Å². The Morgan fingerprint density at radius 1 is 1.06 bits per heavy atom. The molecule has 2 N–H and O–H groups in total. The molecule has 2 aromatic carbocycles. The predicted molar refractivity (Wildman–Crippen MR) is 123 cm³/mol. The van der Waals surface area contributed by atoms with Crippen LogP contribution in [0.15, 0.2) is 76.4 Å². The van der Waals surface area contributed by atoms with E-state index in [-0.39, 0.29) is 17.2 Å². The minimum absolute atomic E-state index is 0.115. The van der Waals surface area contributed by atoms with Gasteiger partial charge in [0, 0.05) is 30.6 Å². The first-order valence-electron chi connectivity index (χ1n) is 10.0. The predicted octanol–water partition coefficient (Wildman–Crippen LogP) is 3.79. The molecular weight excluding hydrogens is 442 g/mol. The number of nitrogens with one attached hydrogen (secondary N) is 2. The lowest BCUT2D eigenvalue weighted by Crippen LogP contribution is -2.16. The minimum atomic E-state index is -3.88. The first-order valence-corrected chi connectivity index (χ1v) is 11.5. The molecule has 9 nitrogen and oxygen atoms in total. The molecule has 0 radical (unpaired) electrons. The van der Waals surface area contributed by atoms with Crippen molar-refractivity contribution in [1.29, 1.82) is 0 Å². The first kappa shape index (κ1) is 22.2. The molecule has 168 valence electrons. The molecule has 0 bridgehead atoms. The highest BCUT2D eigenvalue weighted by molar-refractivity contribution is 7.92. The molecule has 2 heterocycles. The van der Waals surface area contributed by atoms with Crippen molar-refractivity contribution >= 4 is 27.3 Å². The Hall–Kier alpha value is -4.05. The molecule has 0 saturated carbocycles. The second-order valence-electron chi connectivity index (χ2n) is 7.35. The SMILES string of the molecule is CC(=O)Nc1ccc(S(=O)(=O)Nc2ccccc2Cc2nc(-c3ccncc3)no2)c(C)c1. The van der Waals surface area contributed by atoms with Crippen LogP contribution >= 0.6 is 0 Å². The summed E-state index contributed by atoms with van der Waals surface area (Å²) in [5, 5.41) is 6.64. The van der Waals surface area contributed by atoms with Crippen LogP contribution in [-0.2, 0) is 21.2 Å². The van der Waals surface area contributed by atoms with Gasteiger partial charge in [-0.3, -0.25) is 14.5 Å². The Balaban J connectivity index is 1.57. The molecule has 33 heavy (non-hydrogen) atoms. The van der Waals surface area contributed by atoms with Crippen LogP contribution in [-0.4, -0.2) is 29.4 Å². The molecule has 0 fully saturated rings. The number of hydrogen-bond acceptors (Lipinski definition) is 7. The van der Waals surface area contributed by atoms with Gasteiger partial charge in [-0.15, -0.1) is 0 Å². The molecule has 0 aliphatic carbocycles. The highest BCUT2D eigenvalue weighted by Crippen LogP contribution is 2.26. The summed E-state index contributed by atoms with van der Waals surface area (Å²) in [6.45, 7) is 3.06. The molecule has 2 aromatic heterocycles. The van der Waals surface area contributed by atoms with Gasteiger partial charge in [-0.1, -0.05) is 23.4 Å². The lowest BCUT2D eigenvalue weighted by Gasteiger charge is -2.14. The largest absolute Gasteiger partial charge is 0.339 e. The fourth-order valence-corrected chi connectivity index (χ4v) is 4.64. The Bertz CT molecular complexity index is 1400. The third kappa shape index (κ3) is 5.24. The highest BCUT2D eigenvalue weighted by Gasteiger charge is 2.20. The molecule has 10 heteroatoms. The number of pyridine rings is 1. The summed E-state index contributed by atoms with van der Waals surface area (Å²) in [4.78, 5) is 19.7. The summed E-state index contributed by atoms with van der Waals surface area (Å²) in [6, 6.07) is 15.2. The zero-order valence-electron chi connectivity index (χ0n) is 17.9. The minimum Gasteiger partial charge on any atom is -0.339 e. The average molecular weight is 464 g/mol. The number of anilines is 2. The van der Waals surface area contributed by atoms with Gasteiger partial charge in [0.1, 0.15) is 0 Å². The fourth-order valence-electron chi connectivity index (χ4n) is 3.31. The van der Waals surface area contributed by atoms with Gasteiger partial charge < -0.3 is 9.84 Å². The molecule has 0 aliphatic rings. The number of sulfonamides is 1. The third-order valence-corrected chi connectivity index (χ3v) is 6.32. The van der Waals surface area contributed by atoms with Crippen LogP contribution < -0.4 is 10.0 Å². The number of rotatable bonds is 7. The van der Waals surface area contributed by atoms with E-state index in [0.717, 1.165) is 5.56 Å². The zero-order valence-corrected chi connectivity index (χ0v) is 18.8. The van der Waals surface area contributed by atoms with Crippen molar-refractivity contribution in [2.24, 2.45) is 0 Å². The Kier molecular flexibility index (Phi) is 6.18. The number of amides is 1. The average Bonchev–Trinajstić information content (AvgIpc) is 3.23. The molecule has 0 aliphatic heterocycles. The van der Waals surface area contributed by atoms with Crippen molar-refractivity contribution in [2.45, 2.75) is 25.2 Å². The molecular formula is C23H21N5O4S. The Morgan fingerprint density at radius 3 is 2.55 bits per heavy atom. The smallest absolute Gasteiger partial charge is 0.262 e. The van der Waals surface area contributed by atoms with Crippen LogP contribution in [0.3, 0.4) is 0 Å². The van der Waals surface area contributed by atoms with Crippen molar-refractivity contribution in [3.63, 3.8) is 0 Å². The fraction of sp³-hybridized carbons (Fsp3) is 0.130. The van der Waals surface area contributed by atoms with Crippen LogP contribution in [0.25, 0.3) is 11.4 Å². The maximum Gasteiger partial charge on any atom is 0.262 e. The monoisotopic (exact) mass is 463 g/mol. The van der Waals surface area contributed by atoms with E-state index < -0.39 is 10.0 Å². The van der Waals surface area contributed by atoms with Crippen LogP contribution in [0.5, 0.6) is 0 Å². The topological polar surface area (TPSA) is 127 Å². The molecule has 0 atom stereocenters. The standard InChI is InChI=1S/C23H21N5O4S/c1-15-13-19(25-16(2)29)7-8-21(15)33(30,31)28-20-6-4-3-5-18(20)14-22-26-23(27-32-22)17-9-11-24-12-10-17/h3-13,28H,14H2,1-2H3,(H,25,29). The number of carbonyl (C=O) groups excluding carboxylic acids is 1. The van der Waals surface area contributed by atoms with Gasteiger partial charge in [0.25, 0.3) is 10.0 Å². The summed E-state index contributed by atoms with van der Waals surface area (Å²) in [6.07, 6.45) is 3.53. The van der Waals surface area contributed by atoms with E-state index in [2.05, 4.69) is 25.2 Å². The molecule has 0 saturated heterocycles. The van der Waals surface area contributed by atoms with Gasteiger partial charge >= 0.3 is 0 Å². The Labute approximate surface area is 190 Å². The van der Waals surface area contributed by atoms with Crippen LogP contribution in [0.2, 0.25) is 0 Å². The van der Waals surface area contributed by atoms with Crippen molar-refractivity contribution in [2.75, 3.05) is 10.0 Å². The molecule has 4 aromatic rings. The Morgan fingerprint density at radius 2 is 1.82 bits per heavy atom. The number of para-hydroxylation sites is 1. The summed E-state index contributed by atoms with van der Waals surface area (Å²) < 4.78 is 34.2. The van der Waals surface area contributed by atoms with Gasteiger partial charge in [-0.05, 0) is 54.4 Å². The summed E-state index contributed by atoms with van der Waals surface area (Å²) in [5.41, 5.74) is 2.89. The number of carbonyl (C=O) groups is 1. The van der Waals surface area contributed by atoms with Crippen molar-refractivity contribution in [3.05, 3.63) is 84.0 Å². The lowest BCUT2D eigenvalue weighted by atomic mass is 10.1. The van der Waals surface area contributed by atoms with Crippen molar-refractivity contribution in [3.8, 4) is 11.4 Å². The highest BCUT2D eigenvalue weighted by atomic mass is 32.2. The van der Waals surface area contributed by atoms with E-state index in [0.29, 0.717) is 34.2 Å². The van der Waals surface area contributed by atoms with Crippen LogP contribution in [0.4, 0.5) is 11.4 Å². The second-order valence-corrected chi connectivity index (χ2v) is 9.00. The van der Waals surface area contributed by atoms with Gasteiger partial charge in [-0.2, -0.15) is 4.98 Å².